The van der Waals surface area contributed by atoms with Crippen molar-refractivity contribution in [3.63, 3.8) is 0 Å². The molecule has 23 heavy (non-hydrogen) atoms. The molecule has 0 radical (unpaired) electrons. The van der Waals surface area contributed by atoms with Crippen molar-refractivity contribution in [1.29, 1.82) is 0 Å². The van der Waals surface area contributed by atoms with Crippen LogP contribution in [0.15, 0.2) is 60.7 Å². The molecule has 0 saturated carbocycles. The molecule has 0 spiro atoms. The number of nitrogens with one attached hydrogen (secondary N) is 1. The van der Waals surface area contributed by atoms with Gasteiger partial charge in [0.05, 0.1) is 11.3 Å². The summed E-state index contributed by atoms with van der Waals surface area (Å²) in [6, 6.07) is 17.8. The largest absolute Gasteiger partial charge is 0.478 e. The summed E-state index contributed by atoms with van der Waals surface area (Å²) in [4.78, 5) is 23.9. The monoisotopic (exact) mass is 305 g/mol. The van der Waals surface area contributed by atoms with Crippen molar-refractivity contribution in [3.05, 3.63) is 77.4 Å². The molecule has 4 heteroatoms. The molecule has 0 heterocycles. The van der Waals surface area contributed by atoms with Crippen molar-refractivity contribution in [2.75, 3.05) is 5.32 Å². The van der Waals surface area contributed by atoms with Crippen LogP contribution in [-0.2, 0) is 0 Å². The highest BCUT2D eigenvalue weighted by atomic mass is 16.4. The Kier molecular flexibility index (Phi) is 3.81. The summed E-state index contributed by atoms with van der Waals surface area (Å²) in [6.07, 6.45) is 0. The molecule has 3 aromatic rings. The molecule has 0 bridgehead atoms. The van der Waals surface area contributed by atoms with Crippen molar-refractivity contribution in [1.82, 2.24) is 0 Å². The zero-order chi connectivity index (χ0) is 16.4. The Morgan fingerprint density at radius 1 is 0.913 bits per heavy atom. The lowest BCUT2D eigenvalue weighted by Crippen LogP contribution is -2.15. The number of carbonyl (C=O) groups excluding carboxylic acids is 1. The summed E-state index contributed by atoms with van der Waals surface area (Å²) >= 11 is 0. The van der Waals surface area contributed by atoms with Gasteiger partial charge >= 0.3 is 5.97 Å². The number of aryl methyl sites for hydroxylation is 1. The van der Waals surface area contributed by atoms with Crippen LogP contribution in [0.4, 0.5) is 5.69 Å². The summed E-state index contributed by atoms with van der Waals surface area (Å²) in [5.74, 6) is -1.40. The van der Waals surface area contributed by atoms with E-state index < -0.39 is 5.97 Å². The molecule has 0 aliphatic carbocycles. The molecular weight excluding hydrogens is 290 g/mol. The number of fused-ring (bicyclic) bond motifs is 1. The molecule has 3 rings (SSSR count). The minimum Gasteiger partial charge on any atom is -0.478 e. The fraction of sp³-hybridized carbons (Fsp3) is 0.0526. The van der Waals surface area contributed by atoms with Gasteiger partial charge in [0.25, 0.3) is 5.91 Å². The maximum atomic E-state index is 12.4. The Bertz CT molecular complexity index is 915. The molecule has 2 N–H and O–H groups in total. The van der Waals surface area contributed by atoms with Gasteiger partial charge in [0.15, 0.2) is 0 Å². The lowest BCUT2D eigenvalue weighted by atomic mass is 10.0. The number of carboxylic acids is 1. The number of hydrogen-bond acceptors (Lipinski definition) is 2. The Balaban J connectivity index is 2.03. The molecule has 4 nitrogen and oxygen atoms in total. The van der Waals surface area contributed by atoms with Crippen LogP contribution in [0.5, 0.6) is 0 Å². The third kappa shape index (κ3) is 3.06. The molecule has 0 fully saturated rings. The van der Waals surface area contributed by atoms with Crippen molar-refractivity contribution in [2.45, 2.75) is 6.92 Å². The molecule has 3 aromatic carbocycles. The Labute approximate surface area is 133 Å². The van der Waals surface area contributed by atoms with E-state index in [1.807, 2.05) is 37.3 Å². The van der Waals surface area contributed by atoms with Gasteiger partial charge in [-0.05, 0) is 42.0 Å². The third-order valence-electron chi connectivity index (χ3n) is 3.64. The molecule has 0 atom stereocenters. The van der Waals surface area contributed by atoms with Crippen molar-refractivity contribution >= 4 is 28.3 Å². The van der Waals surface area contributed by atoms with Gasteiger partial charge in [-0.3, -0.25) is 4.79 Å². The first-order valence-corrected chi connectivity index (χ1v) is 7.19. The van der Waals surface area contributed by atoms with E-state index in [0.29, 0.717) is 11.3 Å². The van der Waals surface area contributed by atoms with E-state index in [1.165, 1.54) is 0 Å². The van der Waals surface area contributed by atoms with Gasteiger partial charge in [-0.2, -0.15) is 0 Å². The fourth-order valence-corrected chi connectivity index (χ4v) is 2.50. The predicted molar refractivity (Wildman–Crippen MR) is 90.0 cm³/mol. The maximum absolute atomic E-state index is 12.4. The van der Waals surface area contributed by atoms with E-state index in [9.17, 15) is 14.7 Å². The maximum Gasteiger partial charge on any atom is 0.337 e. The first-order chi connectivity index (χ1) is 11.0. The van der Waals surface area contributed by atoms with Gasteiger partial charge in [0.1, 0.15) is 0 Å². The van der Waals surface area contributed by atoms with Crippen molar-refractivity contribution < 1.29 is 14.7 Å². The lowest BCUT2D eigenvalue weighted by molar-refractivity contribution is 0.0698. The highest BCUT2D eigenvalue weighted by Crippen LogP contribution is 2.25. The summed E-state index contributed by atoms with van der Waals surface area (Å²) in [6.45, 7) is 1.90. The second-order valence-electron chi connectivity index (χ2n) is 5.37. The molecule has 0 aliphatic heterocycles. The van der Waals surface area contributed by atoms with E-state index in [0.717, 1.165) is 16.3 Å². The number of benzene rings is 3. The molecule has 0 unspecified atom stereocenters. The summed E-state index contributed by atoms with van der Waals surface area (Å²) in [5.41, 5.74) is 1.83. The number of amides is 1. The number of aromatic carboxylic acids is 1. The molecular formula is C19H15NO3. The summed E-state index contributed by atoms with van der Waals surface area (Å²) in [7, 11) is 0. The average Bonchev–Trinajstić information content (AvgIpc) is 2.54. The second-order valence-corrected chi connectivity index (χ2v) is 5.37. The van der Waals surface area contributed by atoms with Crippen LogP contribution < -0.4 is 5.32 Å². The van der Waals surface area contributed by atoms with E-state index in [4.69, 9.17) is 0 Å². The summed E-state index contributed by atoms with van der Waals surface area (Å²) in [5, 5.41) is 13.8. The Hall–Kier alpha value is -3.14. The van der Waals surface area contributed by atoms with Crippen molar-refractivity contribution in [2.24, 2.45) is 0 Å². The van der Waals surface area contributed by atoms with E-state index in [2.05, 4.69) is 5.32 Å². The molecule has 114 valence electrons. The minimum absolute atomic E-state index is 0.0738. The minimum atomic E-state index is -1.07. The topological polar surface area (TPSA) is 66.4 Å². The van der Waals surface area contributed by atoms with Crippen LogP contribution in [0, 0.1) is 6.92 Å². The van der Waals surface area contributed by atoms with E-state index in [1.54, 1.807) is 30.3 Å². The quantitative estimate of drug-likeness (QED) is 0.765. The SMILES string of the molecule is Cc1cccc(C(=O)Nc2cc3ccccc3cc2C(=O)O)c1. The average molecular weight is 305 g/mol. The smallest absolute Gasteiger partial charge is 0.337 e. The Morgan fingerprint density at radius 3 is 2.26 bits per heavy atom. The summed E-state index contributed by atoms with van der Waals surface area (Å²) < 4.78 is 0. The molecule has 1 amide bonds. The van der Waals surface area contributed by atoms with E-state index >= 15 is 0 Å². The van der Waals surface area contributed by atoms with Gasteiger partial charge in [0.2, 0.25) is 0 Å². The van der Waals surface area contributed by atoms with Crippen LogP contribution in [0.25, 0.3) is 10.8 Å². The van der Waals surface area contributed by atoms with Crippen LogP contribution in [0.1, 0.15) is 26.3 Å². The first kappa shape index (κ1) is 14.8. The highest BCUT2D eigenvalue weighted by Gasteiger charge is 2.15. The van der Waals surface area contributed by atoms with Crippen LogP contribution in [0.2, 0.25) is 0 Å². The van der Waals surface area contributed by atoms with Crippen LogP contribution >= 0.6 is 0 Å². The molecule has 0 aliphatic rings. The number of hydrogen-bond donors (Lipinski definition) is 2. The van der Waals surface area contributed by atoms with Gasteiger partial charge in [-0.15, -0.1) is 0 Å². The van der Waals surface area contributed by atoms with Crippen LogP contribution in [0.3, 0.4) is 0 Å². The second kappa shape index (κ2) is 5.93. The number of carboxylic acid groups (broad SMARTS) is 1. The molecule has 0 aromatic heterocycles. The zero-order valence-electron chi connectivity index (χ0n) is 12.5. The fourth-order valence-electron chi connectivity index (χ4n) is 2.50. The number of carbonyl (C=O) groups is 2. The molecule has 0 saturated heterocycles. The first-order valence-electron chi connectivity index (χ1n) is 7.19. The third-order valence-corrected chi connectivity index (χ3v) is 3.64. The predicted octanol–water partition coefficient (Wildman–Crippen LogP) is 4.10. The number of rotatable bonds is 3. The van der Waals surface area contributed by atoms with E-state index in [-0.39, 0.29) is 11.5 Å². The van der Waals surface area contributed by atoms with Gasteiger partial charge in [-0.1, -0.05) is 42.0 Å². The number of anilines is 1. The Morgan fingerprint density at radius 2 is 1.61 bits per heavy atom. The lowest BCUT2D eigenvalue weighted by Gasteiger charge is -2.11. The zero-order valence-corrected chi connectivity index (χ0v) is 12.5. The van der Waals surface area contributed by atoms with Crippen LogP contribution in [-0.4, -0.2) is 17.0 Å². The standard InChI is InChI=1S/C19H15NO3/c1-12-5-4-8-15(9-12)18(21)20-17-11-14-7-3-2-6-13(14)10-16(17)19(22)23/h2-11H,1H3,(H,20,21)(H,22,23). The van der Waals surface area contributed by atoms with Gasteiger partial charge < -0.3 is 10.4 Å². The van der Waals surface area contributed by atoms with Gasteiger partial charge in [0, 0.05) is 5.56 Å². The van der Waals surface area contributed by atoms with Crippen molar-refractivity contribution in [3.8, 4) is 0 Å². The normalized spacial score (nSPS) is 10.5. The van der Waals surface area contributed by atoms with Gasteiger partial charge in [-0.25, -0.2) is 4.79 Å². The highest BCUT2D eigenvalue weighted by molar-refractivity contribution is 6.10.